The molecule has 0 rings (SSSR count). The van der Waals surface area contributed by atoms with E-state index in [1.54, 1.807) is 0 Å². The molecule has 0 aliphatic rings. The van der Waals surface area contributed by atoms with Gasteiger partial charge in [-0.05, 0) is 36.5 Å². The van der Waals surface area contributed by atoms with Gasteiger partial charge in [-0.1, -0.05) is 41.0 Å². The van der Waals surface area contributed by atoms with Crippen molar-refractivity contribution >= 4 is 12.6 Å². The maximum absolute atomic E-state index is 4.56. The van der Waals surface area contributed by atoms with E-state index >= 15 is 0 Å². The molecule has 0 amide bonds. The lowest BCUT2D eigenvalue weighted by atomic mass is 9.83. The lowest BCUT2D eigenvalue weighted by molar-refractivity contribution is 0.147. The summed E-state index contributed by atoms with van der Waals surface area (Å²) >= 11 is 4.56. The molecule has 1 nitrogen and oxygen atoms in total. The summed E-state index contributed by atoms with van der Waals surface area (Å²) in [7, 11) is 0. The van der Waals surface area contributed by atoms with Crippen molar-refractivity contribution in [1.29, 1.82) is 0 Å². The van der Waals surface area contributed by atoms with Gasteiger partial charge in [0.05, 0.1) is 0 Å². The van der Waals surface area contributed by atoms with E-state index in [1.807, 2.05) is 0 Å². The third kappa shape index (κ3) is 5.09. The molecule has 0 aliphatic heterocycles. The molecule has 0 spiro atoms. The van der Waals surface area contributed by atoms with E-state index in [2.05, 4.69) is 52.1 Å². The van der Waals surface area contributed by atoms with Gasteiger partial charge in [0.25, 0.3) is 0 Å². The van der Waals surface area contributed by atoms with Crippen LogP contribution in [0.3, 0.4) is 0 Å². The fraction of sp³-hybridized carbons (Fsp3) is 1.00. The first-order valence-corrected chi connectivity index (χ1v) is 7.53. The molecule has 1 unspecified atom stereocenters. The minimum absolute atomic E-state index is 0.423. The molecule has 0 saturated carbocycles. The summed E-state index contributed by atoms with van der Waals surface area (Å²) in [4.78, 5) is 2.61. The maximum atomic E-state index is 4.56. The molecule has 0 radical (unpaired) electrons. The topological polar surface area (TPSA) is 3.24 Å². The van der Waals surface area contributed by atoms with Crippen molar-refractivity contribution in [2.24, 2.45) is 11.3 Å². The average Bonchev–Trinajstić information content (AvgIpc) is 2.34. The second-order valence-corrected chi connectivity index (χ2v) is 5.52. The Balaban J connectivity index is 4.37. The average molecular weight is 245 g/mol. The van der Waals surface area contributed by atoms with Gasteiger partial charge in [0.2, 0.25) is 0 Å². The molecule has 0 aromatic rings. The van der Waals surface area contributed by atoms with Gasteiger partial charge in [-0.3, -0.25) is 0 Å². The van der Waals surface area contributed by atoms with Crippen LogP contribution in [0.4, 0.5) is 0 Å². The van der Waals surface area contributed by atoms with Crippen molar-refractivity contribution in [3.63, 3.8) is 0 Å². The van der Waals surface area contributed by atoms with Crippen LogP contribution in [0.15, 0.2) is 0 Å². The van der Waals surface area contributed by atoms with Gasteiger partial charge in [0.1, 0.15) is 0 Å². The number of hydrogen-bond acceptors (Lipinski definition) is 2. The largest absolute Gasteiger partial charge is 0.303 e. The van der Waals surface area contributed by atoms with E-state index in [0.29, 0.717) is 5.41 Å². The molecule has 2 heteroatoms. The molecule has 1 atom stereocenters. The molecular formula is C14H31NS. The lowest BCUT2D eigenvalue weighted by Crippen LogP contribution is -2.40. The Morgan fingerprint density at radius 2 is 1.69 bits per heavy atom. The third-order valence-corrected chi connectivity index (χ3v) is 4.78. The molecule has 0 bridgehead atoms. The van der Waals surface area contributed by atoms with Crippen LogP contribution < -0.4 is 0 Å². The van der Waals surface area contributed by atoms with Gasteiger partial charge in [0, 0.05) is 13.1 Å². The quantitative estimate of drug-likeness (QED) is 0.599. The highest BCUT2D eigenvalue weighted by Gasteiger charge is 2.27. The van der Waals surface area contributed by atoms with Crippen molar-refractivity contribution in [2.45, 2.75) is 53.9 Å². The van der Waals surface area contributed by atoms with Crippen LogP contribution in [0.25, 0.3) is 0 Å². The van der Waals surface area contributed by atoms with Crippen LogP contribution in [-0.4, -0.2) is 30.3 Å². The molecule has 0 N–H and O–H groups in total. The Morgan fingerprint density at radius 1 is 1.12 bits per heavy atom. The molecule has 0 saturated heterocycles. The number of hydrogen-bond donors (Lipinski definition) is 1. The second-order valence-electron chi connectivity index (χ2n) is 5.21. The Labute approximate surface area is 108 Å². The highest BCUT2D eigenvalue weighted by Crippen LogP contribution is 2.29. The maximum Gasteiger partial charge on any atom is 0.00456 e. The number of rotatable bonds is 9. The molecule has 0 aromatic heterocycles. The summed E-state index contributed by atoms with van der Waals surface area (Å²) < 4.78 is 0. The van der Waals surface area contributed by atoms with Crippen LogP contribution in [0.2, 0.25) is 0 Å². The first-order valence-electron chi connectivity index (χ1n) is 6.90. The number of thiol groups is 1. The molecule has 98 valence electrons. The van der Waals surface area contributed by atoms with Crippen LogP contribution in [0.5, 0.6) is 0 Å². The summed E-state index contributed by atoms with van der Waals surface area (Å²) in [6, 6.07) is 0. The van der Waals surface area contributed by atoms with E-state index in [-0.39, 0.29) is 0 Å². The van der Waals surface area contributed by atoms with Crippen LogP contribution in [-0.2, 0) is 0 Å². The van der Waals surface area contributed by atoms with E-state index in [9.17, 15) is 0 Å². The van der Waals surface area contributed by atoms with Gasteiger partial charge >= 0.3 is 0 Å². The van der Waals surface area contributed by atoms with Crippen molar-refractivity contribution in [1.82, 2.24) is 4.90 Å². The van der Waals surface area contributed by atoms with Crippen LogP contribution in [0.1, 0.15) is 53.9 Å². The van der Waals surface area contributed by atoms with E-state index in [0.717, 1.165) is 11.7 Å². The minimum Gasteiger partial charge on any atom is -0.303 e. The predicted octanol–water partition coefficient (Wildman–Crippen LogP) is 4.09. The molecule has 0 fully saturated rings. The first kappa shape index (κ1) is 16.3. The van der Waals surface area contributed by atoms with E-state index in [1.165, 1.54) is 38.9 Å². The first-order chi connectivity index (χ1) is 7.57. The lowest BCUT2D eigenvalue weighted by Gasteiger charge is -2.36. The monoisotopic (exact) mass is 245 g/mol. The summed E-state index contributed by atoms with van der Waals surface area (Å²) in [5, 5.41) is 0. The van der Waals surface area contributed by atoms with Gasteiger partial charge < -0.3 is 4.90 Å². The zero-order valence-electron chi connectivity index (χ0n) is 11.9. The highest BCUT2D eigenvalue weighted by atomic mass is 32.1. The summed E-state index contributed by atoms with van der Waals surface area (Å²) in [6.45, 7) is 15.1. The van der Waals surface area contributed by atoms with Crippen LogP contribution >= 0.6 is 12.6 Å². The Morgan fingerprint density at radius 3 is 2.00 bits per heavy atom. The van der Waals surface area contributed by atoms with Gasteiger partial charge in [-0.2, -0.15) is 12.6 Å². The van der Waals surface area contributed by atoms with Crippen molar-refractivity contribution in [3.8, 4) is 0 Å². The molecular weight excluding hydrogens is 214 g/mol. The Hall–Kier alpha value is 0.310. The van der Waals surface area contributed by atoms with Gasteiger partial charge in [-0.25, -0.2) is 0 Å². The van der Waals surface area contributed by atoms with Gasteiger partial charge in [-0.15, -0.1) is 0 Å². The van der Waals surface area contributed by atoms with Crippen LogP contribution in [0, 0.1) is 11.3 Å². The molecule has 0 aromatic carbocycles. The Bertz CT molecular complexity index is 158. The normalized spacial score (nSPS) is 14.4. The number of nitrogens with zero attached hydrogens (tertiary/aromatic N) is 1. The summed E-state index contributed by atoms with van der Waals surface area (Å²) in [5.41, 5.74) is 0.423. The van der Waals surface area contributed by atoms with Gasteiger partial charge in [0.15, 0.2) is 0 Å². The van der Waals surface area contributed by atoms with Crippen molar-refractivity contribution in [3.05, 3.63) is 0 Å². The molecule has 16 heavy (non-hydrogen) atoms. The molecule has 0 heterocycles. The SMILES string of the molecule is CCC(C)CN(CC)CC(CC)(CC)CS. The zero-order valence-corrected chi connectivity index (χ0v) is 12.8. The predicted molar refractivity (Wildman–Crippen MR) is 78.4 cm³/mol. The summed E-state index contributed by atoms with van der Waals surface area (Å²) in [5.74, 6) is 1.82. The fourth-order valence-electron chi connectivity index (χ4n) is 2.10. The summed E-state index contributed by atoms with van der Waals surface area (Å²) in [6.07, 6.45) is 3.76. The fourth-order valence-corrected chi connectivity index (χ4v) is 2.64. The highest BCUT2D eigenvalue weighted by molar-refractivity contribution is 7.80. The zero-order chi connectivity index (χ0) is 12.6. The third-order valence-electron chi connectivity index (χ3n) is 4.11. The van der Waals surface area contributed by atoms with E-state index in [4.69, 9.17) is 0 Å². The van der Waals surface area contributed by atoms with Crippen molar-refractivity contribution < 1.29 is 0 Å². The standard InChI is InChI=1S/C14H31NS/c1-6-13(5)10-15(9-4)11-14(7-2,8-3)12-16/h13,16H,6-12H2,1-5H3. The minimum atomic E-state index is 0.423. The molecule has 0 aliphatic carbocycles. The van der Waals surface area contributed by atoms with E-state index < -0.39 is 0 Å². The second kappa shape index (κ2) is 8.41. The smallest absolute Gasteiger partial charge is 0.00456 e. The Kier molecular flexibility index (Phi) is 8.57. The van der Waals surface area contributed by atoms with Crippen molar-refractivity contribution in [2.75, 3.05) is 25.4 Å².